The Morgan fingerprint density at radius 3 is 2.60 bits per heavy atom. The van der Waals surface area contributed by atoms with Gasteiger partial charge in [-0.1, -0.05) is 0 Å². The summed E-state index contributed by atoms with van der Waals surface area (Å²) in [4.78, 5) is 21.4. The normalized spacial score (nSPS) is 24.2. The fraction of sp³-hybridized carbons (Fsp3) is 0.632. The van der Waals surface area contributed by atoms with Crippen molar-refractivity contribution in [2.75, 3.05) is 43.1 Å². The molecule has 2 N–H and O–H groups in total. The largest absolute Gasteiger partial charge is 0.367 e. The number of piperidine rings is 1. The molecule has 2 atom stereocenters. The van der Waals surface area contributed by atoms with Crippen LogP contribution in [0.5, 0.6) is 0 Å². The predicted octanol–water partition coefficient (Wildman–Crippen LogP) is 2.36. The Bertz CT molecular complexity index is 705. The van der Waals surface area contributed by atoms with Crippen molar-refractivity contribution in [3.05, 3.63) is 23.9 Å². The zero-order chi connectivity index (χ0) is 18.6. The van der Waals surface area contributed by atoms with Crippen molar-refractivity contribution >= 4 is 60.7 Å². The number of nitriles is 1. The Kier molecular flexibility index (Phi) is 11.6. The molecule has 1 aromatic heterocycles. The van der Waals surface area contributed by atoms with Gasteiger partial charge in [-0.15, -0.1) is 49.0 Å². The molecule has 0 unspecified atom stereocenters. The molecule has 11 heteroatoms. The summed E-state index contributed by atoms with van der Waals surface area (Å²) in [5, 5.41) is 15.8. The third-order valence-corrected chi connectivity index (χ3v) is 6.73. The van der Waals surface area contributed by atoms with Crippen LogP contribution >= 0.6 is 49.0 Å². The van der Waals surface area contributed by atoms with Crippen molar-refractivity contribution in [2.24, 2.45) is 0 Å². The molecule has 3 aliphatic heterocycles. The van der Waals surface area contributed by atoms with Gasteiger partial charge in [-0.3, -0.25) is 9.69 Å². The summed E-state index contributed by atoms with van der Waals surface area (Å²) >= 11 is 1.84. The summed E-state index contributed by atoms with van der Waals surface area (Å²) in [7, 11) is 0. The van der Waals surface area contributed by atoms with Crippen LogP contribution in [0.15, 0.2) is 18.3 Å². The van der Waals surface area contributed by atoms with Gasteiger partial charge in [-0.05, 0) is 31.4 Å². The SMILES string of the molecule is Cl.Cl.Cl.N#Cc1ccc(NC2CCN([C@@H]3CN[C@H](C(=O)N4CCSC4)C3)CC2)nc1. The maximum Gasteiger partial charge on any atom is 0.240 e. The number of aromatic nitrogens is 1. The number of amides is 1. The van der Waals surface area contributed by atoms with E-state index in [0.29, 0.717) is 17.6 Å². The highest BCUT2D eigenvalue weighted by atomic mass is 35.5. The molecule has 4 rings (SSSR count). The van der Waals surface area contributed by atoms with E-state index >= 15 is 0 Å². The van der Waals surface area contributed by atoms with E-state index in [1.54, 1.807) is 12.3 Å². The van der Waals surface area contributed by atoms with Crippen molar-refractivity contribution in [1.29, 1.82) is 5.26 Å². The van der Waals surface area contributed by atoms with Crippen LogP contribution in [0.1, 0.15) is 24.8 Å². The molecule has 0 aromatic carbocycles. The summed E-state index contributed by atoms with van der Waals surface area (Å²) in [5.74, 6) is 3.04. The summed E-state index contributed by atoms with van der Waals surface area (Å²) in [6.07, 6.45) is 4.67. The molecule has 0 aliphatic carbocycles. The number of anilines is 1. The molecular formula is C19H29Cl3N6OS. The standard InChI is InChI=1S/C19H26N6OS.3ClH/c20-10-14-1-2-18(22-11-14)23-15-3-5-24(6-4-15)16-9-17(21-12-16)19(26)25-7-8-27-13-25;;;/h1-2,11,15-17,21H,3-9,12-13H2,(H,22,23);3*1H/t16-,17-;;;/m0.../s1. The molecule has 3 saturated heterocycles. The highest BCUT2D eigenvalue weighted by molar-refractivity contribution is 7.99. The molecular weight excluding hydrogens is 467 g/mol. The summed E-state index contributed by atoms with van der Waals surface area (Å²) in [6.45, 7) is 3.89. The van der Waals surface area contributed by atoms with Gasteiger partial charge in [0.2, 0.25) is 5.91 Å². The van der Waals surface area contributed by atoms with Gasteiger partial charge in [0.25, 0.3) is 0 Å². The van der Waals surface area contributed by atoms with Gasteiger partial charge in [0.15, 0.2) is 0 Å². The Morgan fingerprint density at radius 1 is 1.23 bits per heavy atom. The molecule has 0 spiro atoms. The quantitative estimate of drug-likeness (QED) is 0.663. The van der Waals surface area contributed by atoms with Crippen molar-refractivity contribution in [3.8, 4) is 6.07 Å². The zero-order valence-corrected chi connectivity index (χ0v) is 19.9. The van der Waals surface area contributed by atoms with E-state index in [2.05, 4.69) is 26.6 Å². The third-order valence-electron chi connectivity index (χ3n) is 5.76. The van der Waals surface area contributed by atoms with Crippen LogP contribution in [-0.2, 0) is 4.79 Å². The fourth-order valence-corrected chi connectivity index (χ4v) is 5.11. The Hall–Kier alpha value is -0.950. The first-order valence-corrected chi connectivity index (χ1v) is 10.8. The van der Waals surface area contributed by atoms with E-state index in [9.17, 15) is 4.79 Å². The highest BCUT2D eigenvalue weighted by Gasteiger charge is 2.36. The average molecular weight is 496 g/mol. The van der Waals surface area contributed by atoms with Gasteiger partial charge in [0, 0.05) is 50.2 Å². The van der Waals surface area contributed by atoms with Gasteiger partial charge < -0.3 is 15.5 Å². The molecule has 0 saturated carbocycles. The molecule has 0 bridgehead atoms. The third kappa shape index (κ3) is 6.52. The van der Waals surface area contributed by atoms with E-state index in [1.165, 1.54) is 0 Å². The van der Waals surface area contributed by atoms with Crippen molar-refractivity contribution in [2.45, 2.75) is 37.4 Å². The molecule has 1 amide bonds. The number of likely N-dealkylation sites (tertiary alicyclic amines) is 1. The summed E-state index contributed by atoms with van der Waals surface area (Å²) in [6, 6.07) is 6.63. The van der Waals surface area contributed by atoms with Crippen LogP contribution in [0, 0.1) is 11.3 Å². The molecule has 0 radical (unpaired) electrons. The minimum atomic E-state index is -0.00704. The van der Waals surface area contributed by atoms with Gasteiger partial charge >= 0.3 is 0 Å². The second-order valence-electron chi connectivity index (χ2n) is 7.49. The summed E-state index contributed by atoms with van der Waals surface area (Å²) < 4.78 is 0. The lowest BCUT2D eigenvalue weighted by atomic mass is 10.0. The number of hydrogen-bond donors (Lipinski definition) is 2. The van der Waals surface area contributed by atoms with Crippen LogP contribution < -0.4 is 10.6 Å². The predicted molar refractivity (Wildman–Crippen MR) is 128 cm³/mol. The molecule has 4 heterocycles. The Labute approximate surface area is 200 Å². The van der Waals surface area contributed by atoms with Crippen molar-refractivity contribution in [1.82, 2.24) is 20.1 Å². The number of carbonyl (C=O) groups is 1. The molecule has 3 fully saturated rings. The first-order chi connectivity index (χ1) is 13.2. The van der Waals surface area contributed by atoms with Gasteiger partial charge in [-0.25, -0.2) is 4.98 Å². The fourth-order valence-electron chi connectivity index (χ4n) is 4.16. The number of thioether (sulfide) groups is 1. The molecule has 7 nitrogen and oxygen atoms in total. The number of pyridine rings is 1. The van der Waals surface area contributed by atoms with Gasteiger partial charge in [0.1, 0.15) is 11.9 Å². The lowest BCUT2D eigenvalue weighted by molar-refractivity contribution is -0.131. The second-order valence-corrected chi connectivity index (χ2v) is 8.56. The first kappa shape index (κ1) is 27.1. The number of carbonyl (C=O) groups excluding carboxylic acids is 1. The number of halogens is 3. The number of nitrogens with zero attached hydrogens (tertiary/aromatic N) is 4. The Morgan fingerprint density at radius 2 is 2.00 bits per heavy atom. The van der Waals surface area contributed by atoms with Crippen molar-refractivity contribution < 1.29 is 4.79 Å². The minimum absolute atomic E-state index is 0. The second kappa shape index (κ2) is 12.8. The van der Waals surface area contributed by atoms with E-state index < -0.39 is 0 Å². The van der Waals surface area contributed by atoms with Crippen LogP contribution in [-0.4, -0.2) is 76.6 Å². The van der Waals surface area contributed by atoms with E-state index in [1.807, 2.05) is 22.7 Å². The molecule has 3 aliphatic rings. The molecule has 168 valence electrons. The maximum absolute atomic E-state index is 12.6. The smallest absolute Gasteiger partial charge is 0.240 e. The van der Waals surface area contributed by atoms with Crippen LogP contribution in [0.4, 0.5) is 5.82 Å². The topological polar surface area (TPSA) is 84.3 Å². The van der Waals surface area contributed by atoms with Gasteiger partial charge in [0.05, 0.1) is 17.5 Å². The average Bonchev–Trinajstić information content (AvgIpc) is 3.41. The van der Waals surface area contributed by atoms with Crippen LogP contribution in [0.25, 0.3) is 0 Å². The lowest BCUT2D eigenvalue weighted by Gasteiger charge is -2.36. The van der Waals surface area contributed by atoms with E-state index in [4.69, 9.17) is 5.26 Å². The molecule has 30 heavy (non-hydrogen) atoms. The first-order valence-electron chi connectivity index (χ1n) is 9.69. The Balaban J connectivity index is 0.00000150. The van der Waals surface area contributed by atoms with Crippen LogP contribution in [0.3, 0.4) is 0 Å². The van der Waals surface area contributed by atoms with E-state index in [0.717, 1.165) is 62.9 Å². The number of nitrogens with one attached hydrogen (secondary N) is 2. The lowest BCUT2D eigenvalue weighted by Crippen LogP contribution is -2.45. The highest BCUT2D eigenvalue weighted by Crippen LogP contribution is 2.23. The van der Waals surface area contributed by atoms with Crippen LogP contribution in [0.2, 0.25) is 0 Å². The van der Waals surface area contributed by atoms with E-state index in [-0.39, 0.29) is 49.2 Å². The number of hydrogen-bond acceptors (Lipinski definition) is 7. The minimum Gasteiger partial charge on any atom is -0.367 e. The summed E-state index contributed by atoms with van der Waals surface area (Å²) in [5.41, 5.74) is 0.584. The molecule has 1 aromatic rings. The number of rotatable bonds is 4. The maximum atomic E-state index is 12.6. The van der Waals surface area contributed by atoms with Crippen molar-refractivity contribution in [3.63, 3.8) is 0 Å². The van der Waals surface area contributed by atoms with Gasteiger partial charge in [-0.2, -0.15) is 5.26 Å². The zero-order valence-electron chi connectivity index (χ0n) is 16.7. The monoisotopic (exact) mass is 494 g/mol.